The molecule has 2 saturated heterocycles. The summed E-state index contributed by atoms with van der Waals surface area (Å²) in [5, 5.41) is 9.77. The van der Waals surface area contributed by atoms with Gasteiger partial charge in [-0.3, -0.25) is 4.79 Å². The van der Waals surface area contributed by atoms with Gasteiger partial charge >= 0.3 is 0 Å². The molecule has 6 heteroatoms. The quantitative estimate of drug-likeness (QED) is 0.724. The van der Waals surface area contributed by atoms with Crippen LogP contribution in [0.3, 0.4) is 0 Å². The normalized spacial score (nSPS) is 16.5. The van der Waals surface area contributed by atoms with Crippen LogP contribution in [-0.4, -0.2) is 58.3 Å². The van der Waals surface area contributed by atoms with Gasteiger partial charge in [-0.1, -0.05) is 13.8 Å². The molecule has 2 aliphatic rings. The monoisotopic (exact) mass is 409 g/mol. The number of hydrogen-bond acceptors (Lipinski definition) is 5. The van der Waals surface area contributed by atoms with Crippen LogP contribution in [0.15, 0.2) is 42.5 Å². The van der Waals surface area contributed by atoms with E-state index in [1.807, 2.05) is 44.2 Å². The van der Waals surface area contributed by atoms with Crippen LogP contribution in [-0.2, 0) is 0 Å². The van der Waals surface area contributed by atoms with E-state index in [2.05, 4.69) is 44.8 Å². The highest BCUT2D eigenvalue weighted by atomic mass is 16.1. The number of nitrogens with zero attached hydrogens (tertiary/aromatic N) is 2. The molecule has 3 N–H and O–H groups in total. The second-order valence-electron chi connectivity index (χ2n) is 7.48. The molecule has 2 aromatic carbocycles. The van der Waals surface area contributed by atoms with Crippen LogP contribution < -0.4 is 25.8 Å². The lowest BCUT2D eigenvalue weighted by atomic mass is 10.1. The molecule has 1 amide bonds. The third-order valence-electron chi connectivity index (χ3n) is 5.52. The minimum atomic E-state index is -0.0683. The number of benzene rings is 2. The molecular weight excluding hydrogens is 374 g/mol. The molecule has 0 unspecified atom stereocenters. The molecule has 0 atom stereocenters. The minimum Gasteiger partial charge on any atom is -0.369 e. The number of piperazine rings is 2. The number of aryl methyl sites for hydroxylation is 1. The summed E-state index contributed by atoms with van der Waals surface area (Å²) in [7, 11) is 0. The Labute approximate surface area is 180 Å². The van der Waals surface area contributed by atoms with E-state index in [0.717, 1.165) is 58.0 Å². The third-order valence-corrected chi connectivity index (χ3v) is 5.52. The van der Waals surface area contributed by atoms with E-state index in [-0.39, 0.29) is 5.91 Å². The summed E-state index contributed by atoms with van der Waals surface area (Å²) in [6.07, 6.45) is 0. The van der Waals surface area contributed by atoms with Gasteiger partial charge in [0.25, 0.3) is 5.91 Å². The van der Waals surface area contributed by atoms with E-state index >= 15 is 0 Å². The first-order valence-electron chi connectivity index (χ1n) is 11.1. The molecule has 162 valence electrons. The fourth-order valence-electron chi connectivity index (χ4n) is 3.94. The summed E-state index contributed by atoms with van der Waals surface area (Å²) in [4.78, 5) is 17.4. The van der Waals surface area contributed by atoms with Crippen molar-refractivity contribution >= 4 is 23.0 Å². The molecular formula is C24H35N5O. The summed E-state index contributed by atoms with van der Waals surface area (Å²) >= 11 is 0. The fraction of sp³-hybridized carbons (Fsp3) is 0.458. The summed E-state index contributed by atoms with van der Waals surface area (Å²) in [6.45, 7) is 14.2. The Morgan fingerprint density at radius 3 is 1.97 bits per heavy atom. The Morgan fingerprint density at radius 1 is 0.833 bits per heavy atom. The number of rotatable bonds is 4. The Morgan fingerprint density at radius 2 is 1.40 bits per heavy atom. The highest BCUT2D eigenvalue weighted by Crippen LogP contribution is 2.24. The number of anilines is 3. The molecule has 0 saturated carbocycles. The number of hydrogen-bond donors (Lipinski definition) is 3. The standard InChI is InChI=1S/C22H29N5O.C2H6/c1-17-16-19(4-7-21(17)27-14-10-24-11-15-27)25-22(28)18-2-5-20(6-3-18)26-12-8-23-9-13-26;1-2/h2-7,16,23-24H,8-15H2,1H3,(H,25,28);1-2H3. The van der Waals surface area contributed by atoms with Gasteiger partial charge in [0.2, 0.25) is 0 Å². The van der Waals surface area contributed by atoms with Crippen LogP contribution in [0.1, 0.15) is 29.8 Å². The highest BCUT2D eigenvalue weighted by molar-refractivity contribution is 6.04. The summed E-state index contributed by atoms with van der Waals surface area (Å²) < 4.78 is 0. The molecule has 0 radical (unpaired) electrons. The van der Waals surface area contributed by atoms with E-state index < -0.39 is 0 Å². The lowest BCUT2D eigenvalue weighted by Gasteiger charge is -2.31. The fourth-order valence-corrected chi connectivity index (χ4v) is 3.94. The van der Waals surface area contributed by atoms with Crippen molar-refractivity contribution in [2.24, 2.45) is 0 Å². The molecule has 30 heavy (non-hydrogen) atoms. The van der Waals surface area contributed by atoms with Gasteiger partial charge in [0, 0.05) is 75.0 Å². The van der Waals surface area contributed by atoms with Gasteiger partial charge in [-0.05, 0) is 55.0 Å². The molecule has 2 aromatic rings. The van der Waals surface area contributed by atoms with E-state index in [1.54, 1.807) is 0 Å². The first-order chi connectivity index (χ1) is 14.7. The second kappa shape index (κ2) is 11.0. The number of carbonyl (C=O) groups is 1. The van der Waals surface area contributed by atoms with E-state index in [4.69, 9.17) is 0 Å². The molecule has 0 aliphatic carbocycles. The summed E-state index contributed by atoms with van der Waals surface area (Å²) in [5.41, 5.74) is 5.14. The molecule has 0 spiro atoms. The molecule has 0 aromatic heterocycles. The molecule has 2 aliphatic heterocycles. The average molecular weight is 410 g/mol. The van der Waals surface area contributed by atoms with Crippen molar-refractivity contribution in [1.29, 1.82) is 0 Å². The lowest BCUT2D eigenvalue weighted by Crippen LogP contribution is -2.43. The lowest BCUT2D eigenvalue weighted by molar-refractivity contribution is 0.102. The zero-order valence-corrected chi connectivity index (χ0v) is 18.5. The topological polar surface area (TPSA) is 59.6 Å². The zero-order valence-electron chi connectivity index (χ0n) is 18.5. The van der Waals surface area contributed by atoms with Gasteiger partial charge < -0.3 is 25.8 Å². The van der Waals surface area contributed by atoms with Crippen LogP contribution in [0.5, 0.6) is 0 Å². The van der Waals surface area contributed by atoms with Crippen LogP contribution in [0.4, 0.5) is 17.1 Å². The predicted octanol–water partition coefficient (Wildman–Crippen LogP) is 3.09. The Kier molecular flexibility index (Phi) is 8.11. The number of carbonyl (C=O) groups excluding carboxylic acids is 1. The molecule has 2 heterocycles. The van der Waals surface area contributed by atoms with E-state index in [0.29, 0.717) is 5.56 Å². The maximum atomic E-state index is 12.6. The third kappa shape index (κ3) is 5.52. The van der Waals surface area contributed by atoms with Crippen molar-refractivity contribution in [3.63, 3.8) is 0 Å². The van der Waals surface area contributed by atoms with Crippen molar-refractivity contribution < 1.29 is 4.79 Å². The first-order valence-corrected chi connectivity index (χ1v) is 11.1. The zero-order chi connectivity index (χ0) is 21.3. The van der Waals surface area contributed by atoms with Gasteiger partial charge in [0.15, 0.2) is 0 Å². The van der Waals surface area contributed by atoms with Gasteiger partial charge in [-0.25, -0.2) is 0 Å². The van der Waals surface area contributed by atoms with Crippen molar-refractivity contribution in [2.45, 2.75) is 20.8 Å². The predicted molar refractivity (Wildman–Crippen MR) is 127 cm³/mol. The first kappa shape index (κ1) is 22.1. The summed E-state index contributed by atoms with van der Waals surface area (Å²) in [6, 6.07) is 14.1. The molecule has 0 bridgehead atoms. The Hall–Kier alpha value is -2.57. The Bertz CT molecular complexity index is 809. The van der Waals surface area contributed by atoms with E-state index in [1.165, 1.54) is 16.9 Å². The smallest absolute Gasteiger partial charge is 0.255 e. The minimum absolute atomic E-state index is 0.0683. The van der Waals surface area contributed by atoms with Crippen molar-refractivity contribution in [3.05, 3.63) is 53.6 Å². The van der Waals surface area contributed by atoms with Crippen LogP contribution in [0.2, 0.25) is 0 Å². The van der Waals surface area contributed by atoms with Crippen LogP contribution in [0.25, 0.3) is 0 Å². The average Bonchev–Trinajstić information content (AvgIpc) is 2.82. The number of nitrogens with one attached hydrogen (secondary N) is 3. The van der Waals surface area contributed by atoms with Gasteiger partial charge in [-0.2, -0.15) is 0 Å². The van der Waals surface area contributed by atoms with Crippen LogP contribution >= 0.6 is 0 Å². The molecule has 4 rings (SSSR count). The van der Waals surface area contributed by atoms with E-state index in [9.17, 15) is 4.79 Å². The number of amides is 1. The molecule has 2 fully saturated rings. The van der Waals surface area contributed by atoms with Gasteiger partial charge in [0.05, 0.1) is 0 Å². The largest absolute Gasteiger partial charge is 0.369 e. The van der Waals surface area contributed by atoms with Crippen molar-refractivity contribution in [3.8, 4) is 0 Å². The van der Waals surface area contributed by atoms with Crippen molar-refractivity contribution in [1.82, 2.24) is 10.6 Å². The van der Waals surface area contributed by atoms with Crippen LogP contribution in [0, 0.1) is 6.92 Å². The summed E-state index contributed by atoms with van der Waals surface area (Å²) in [5.74, 6) is -0.0683. The highest BCUT2D eigenvalue weighted by Gasteiger charge is 2.14. The maximum Gasteiger partial charge on any atom is 0.255 e. The van der Waals surface area contributed by atoms with Gasteiger partial charge in [-0.15, -0.1) is 0 Å². The van der Waals surface area contributed by atoms with Crippen molar-refractivity contribution in [2.75, 3.05) is 67.5 Å². The molecule has 6 nitrogen and oxygen atoms in total. The van der Waals surface area contributed by atoms with Gasteiger partial charge in [0.1, 0.15) is 0 Å². The Balaban J connectivity index is 0.00000124. The SMILES string of the molecule is CC.Cc1cc(NC(=O)c2ccc(N3CCNCC3)cc2)ccc1N1CCNCC1. The maximum absolute atomic E-state index is 12.6. The second-order valence-corrected chi connectivity index (χ2v) is 7.48.